The lowest BCUT2D eigenvalue weighted by Gasteiger charge is -2.39. The van der Waals surface area contributed by atoms with Crippen LogP contribution in [0.15, 0.2) is 24.0 Å². The number of ketones is 1. The van der Waals surface area contributed by atoms with Crippen LogP contribution in [0.2, 0.25) is 0 Å². The van der Waals surface area contributed by atoms with E-state index in [1.54, 1.807) is 6.07 Å². The van der Waals surface area contributed by atoms with Crippen molar-refractivity contribution in [2.75, 3.05) is 27.8 Å². The summed E-state index contributed by atoms with van der Waals surface area (Å²) in [5.41, 5.74) is 1.50. The molecule has 1 aromatic carbocycles. The fraction of sp³-hybridized carbons (Fsp3) is 0.571. The zero-order valence-corrected chi connectivity index (χ0v) is 17.2. The Morgan fingerprint density at radius 3 is 2.41 bits per heavy atom. The summed E-state index contributed by atoms with van der Waals surface area (Å²) in [5, 5.41) is 22.9. The van der Waals surface area contributed by atoms with E-state index in [2.05, 4.69) is 5.32 Å². The van der Waals surface area contributed by atoms with Crippen molar-refractivity contribution in [2.24, 2.45) is 5.92 Å². The minimum absolute atomic E-state index is 0.0457. The molecule has 0 saturated carbocycles. The minimum Gasteiger partial charge on any atom is -0.504 e. The quantitative estimate of drug-likeness (QED) is 0.695. The number of hydrogen-bond donors (Lipinski definition) is 3. The lowest BCUT2D eigenvalue weighted by molar-refractivity contribution is -0.120. The summed E-state index contributed by atoms with van der Waals surface area (Å²) in [4.78, 5) is 12.1. The summed E-state index contributed by atoms with van der Waals surface area (Å²) in [6.07, 6.45) is 2.67. The lowest BCUT2D eigenvalue weighted by Crippen LogP contribution is -2.30. The van der Waals surface area contributed by atoms with Crippen molar-refractivity contribution in [1.82, 2.24) is 5.32 Å². The number of methoxy groups -OCH3 is 1. The summed E-state index contributed by atoms with van der Waals surface area (Å²) < 4.78 is 10.9. The second-order valence-corrected chi connectivity index (χ2v) is 6.25. The van der Waals surface area contributed by atoms with Crippen molar-refractivity contribution < 1.29 is 24.5 Å². The molecule has 6 heteroatoms. The van der Waals surface area contributed by atoms with Gasteiger partial charge in [-0.25, -0.2) is 0 Å². The molecule has 1 aromatic rings. The number of fused-ring (bicyclic) bond motifs is 3. The number of aromatic hydroxyl groups is 2. The Morgan fingerprint density at radius 2 is 1.85 bits per heavy atom. The summed E-state index contributed by atoms with van der Waals surface area (Å²) in [7, 11) is 5.24. The van der Waals surface area contributed by atoms with Gasteiger partial charge in [-0.05, 0) is 51.1 Å². The van der Waals surface area contributed by atoms with E-state index in [0.717, 1.165) is 12.0 Å². The number of carbonyl (C=O) groups excluding carboxylic acids is 1. The van der Waals surface area contributed by atoms with Crippen molar-refractivity contribution in [1.29, 1.82) is 0 Å². The second kappa shape index (κ2) is 10.9. The molecule has 3 rings (SSSR count). The van der Waals surface area contributed by atoms with Gasteiger partial charge in [0.05, 0.1) is 13.2 Å². The maximum Gasteiger partial charge on any atom is 0.197 e. The number of benzene rings is 1. The Kier molecular flexibility index (Phi) is 9.32. The Labute approximate surface area is 162 Å². The molecule has 0 radical (unpaired) electrons. The molecule has 152 valence electrons. The van der Waals surface area contributed by atoms with Crippen molar-refractivity contribution in [3.05, 3.63) is 35.1 Å². The smallest absolute Gasteiger partial charge is 0.197 e. The molecular formula is C21H33NO5. The molecular weight excluding hydrogens is 346 g/mol. The van der Waals surface area contributed by atoms with Crippen molar-refractivity contribution in [2.45, 2.75) is 45.6 Å². The highest BCUT2D eigenvalue weighted by atomic mass is 16.5. The number of rotatable bonds is 3. The topological polar surface area (TPSA) is 88.0 Å². The van der Waals surface area contributed by atoms with Gasteiger partial charge >= 0.3 is 0 Å². The van der Waals surface area contributed by atoms with Crippen LogP contribution in [0.5, 0.6) is 11.5 Å². The third-order valence-electron chi connectivity index (χ3n) is 4.58. The van der Waals surface area contributed by atoms with Crippen LogP contribution in [0.4, 0.5) is 0 Å². The van der Waals surface area contributed by atoms with E-state index >= 15 is 0 Å². The van der Waals surface area contributed by atoms with Crippen LogP contribution in [-0.4, -0.2) is 43.8 Å². The zero-order chi connectivity index (χ0) is 20.6. The van der Waals surface area contributed by atoms with E-state index in [4.69, 9.17) is 9.47 Å². The number of phenols is 2. The van der Waals surface area contributed by atoms with E-state index in [-0.39, 0.29) is 41.6 Å². The molecule has 0 aliphatic heterocycles. The molecule has 2 aliphatic carbocycles. The number of ether oxygens (including phenoxy) is 2. The zero-order valence-electron chi connectivity index (χ0n) is 17.2. The molecule has 0 saturated heterocycles. The van der Waals surface area contributed by atoms with Gasteiger partial charge in [0.2, 0.25) is 0 Å². The average Bonchev–Trinajstić information content (AvgIpc) is 2.67. The third-order valence-corrected chi connectivity index (χ3v) is 4.58. The Morgan fingerprint density at radius 1 is 1.22 bits per heavy atom. The largest absolute Gasteiger partial charge is 0.504 e. The number of allylic oxidation sites excluding steroid dienone is 2. The Bertz CT molecular complexity index is 656. The van der Waals surface area contributed by atoms with Crippen molar-refractivity contribution in [3.63, 3.8) is 0 Å². The summed E-state index contributed by atoms with van der Waals surface area (Å²) >= 11 is 0. The van der Waals surface area contributed by atoms with Gasteiger partial charge in [-0.3, -0.25) is 4.79 Å². The number of carbonyl (C=O) groups is 1. The van der Waals surface area contributed by atoms with Gasteiger partial charge in [-0.15, -0.1) is 0 Å². The second-order valence-electron chi connectivity index (χ2n) is 6.25. The molecule has 0 aromatic heterocycles. The molecule has 0 heterocycles. The van der Waals surface area contributed by atoms with E-state index in [0.29, 0.717) is 17.9 Å². The molecule has 2 aliphatic rings. The molecule has 0 bridgehead atoms. The van der Waals surface area contributed by atoms with E-state index in [1.807, 2.05) is 40.9 Å². The normalized spacial score (nSPS) is 22.8. The van der Waals surface area contributed by atoms with Gasteiger partial charge in [0.25, 0.3) is 0 Å². The number of hydrogen-bond acceptors (Lipinski definition) is 6. The number of nitrogens with one attached hydrogen (secondary N) is 1. The summed E-state index contributed by atoms with van der Waals surface area (Å²) in [6.45, 7) is 6.48. The van der Waals surface area contributed by atoms with Crippen LogP contribution in [0.3, 0.4) is 0 Å². The average molecular weight is 379 g/mol. The van der Waals surface area contributed by atoms with Crippen molar-refractivity contribution in [3.8, 4) is 11.5 Å². The highest BCUT2D eigenvalue weighted by Crippen LogP contribution is 2.52. The van der Waals surface area contributed by atoms with Gasteiger partial charge in [0.1, 0.15) is 0 Å². The first-order valence-electron chi connectivity index (χ1n) is 9.52. The van der Waals surface area contributed by atoms with Crippen LogP contribution in [0, 0.1) is 5.92 Å². The van der Waals surface area contributed by atoms with Crippen LogP contribution >= 0.6 is 0 Å². The van der Waals surface area contributed by atoms with Gasteiger partial charge in [-0.2, -0.15) is 0 Å². The number of phenolic OH excluding ortho intramolecular Hbond substituents is 2. The maximum atomic E-state index is 12.1. The third kappa shape index (κ3) is 5.02. The molecule has 27 heavy (non-hydrogen) atoms. The van der Waals surface area contributed by atoms with Crippen molar-refractivity contribution >= 4 is 5.78 Å². The van der Waals surface area contributed by atoms with Crippen LogP contribution in [0.1, 0.15) is 56.8 Å². The van der Waals surface area contributed by atoms with Crippen LogP contribution in [0.25, 0.3) is 0 Å². The molecule has 3 unspecified atom stereocenters. The highest BCUT2D eigenvalue weighted by molar-refractivity contribution is 5.95. The van der Waals surface area contributed by atoms with E-state index in [1.165, 1.54) is 13.2 Å². The first-order valence-corrected chi connectivity index (χ1v) is 9.52. The Hall–Kier alpha value is -2.05. The molecule has 0 spiro atoms. The molecule has 3 N–H and O–H groups in total. The first kappa shape index (κ1) is 23.0. The van der Waals surface area contributed by atoms with Gasteiger partial charge in [0.15, 0.2) is 23.0 Å². The number of Topliss-reactive ketones (excluding diaryl/α,β-unsaturated/α-hetero) is 1. The van der Waals surface area contributed by atoms with Gasteiger partial charge in [-0.1, -0.05) is 19.9 Å². The fourth-order valence-corrected chi connectivity index (χ4v) is 3.60. The fourth-order valence-electron chi connectivity index (χ4n) is 3.60. The Balaban J connectivity index is 0.000000665. The predicted octanol–water partition coefficient (Wildman–Crippen LogP) is 3.64. The molecule has 6 nitrogen and oxygen atoms in total. The standard InChI is InChI=1S/C17H20O5.C2H7N.C2H6/c1-3-22-14-6-9-7-15(21-2)13(19)8-11(9)16-10(14)4-5-12(18)17(16)20;1-3-2;1-2/h4-5,7,9,11,14,18,20H,3,6,8H2,1-2H3;3H,1-2H3;1-2H3. The van der Waals surface area contributed by atoms with Gasteiger partial charge < -0.3 is 25.0 Å². The lowest BCUT2D eigenvalue weighted by atomic mass is 9.68. The predicted molar refractivity (Wildman–Crippen MR) is 106 cm³/mol. The summed E-state index contributed by atoms with van der Waals surface area (Å²) in [6, 6.07) is 3.25. The van der Waals surface area contributed by atoms with Crippen LogP contribution in [-0.2, 0) is 14.3 Å². The maximum absolute atomic E-state index is 12.1. The first-order chi connectivity index (χ1) is 13.0. The molecule has 3 atom stereocenters. The summed E-state index contributed by atoms with van der Waals surface area (Å²) in [5.74, 6) is -0.107. The highest BCUT2D eigenvalue weighted by Gasteiger charge is 2.41. The molecule has 0 fully saturated rings. The monoisotopic (exact) mass is 379 g/mol. The molecule has 0 amide bonds. The van der Waals surface area contributed by atoms with E-state index in [9.17, 15) is 15.0 Å². The van der Waals surface area contributed by atoms with Gasteiger partial charge in [0, 0.05) is 24.5 Å². The van der Waals surface area contributed by atoms with E-state index < -0.39 is 0 Å². The van der Waals surface area contributed by atoms with Crippen LogP contribution < -0.4 is 5.32 Å². The minimum atomic E-state index is -0.163. The SMILES string of the molecule is CC.CCOC1CC2C=C(OC)C(=O)CC2c2c1ccc(O)c2O.CNC.